The Labute approximate surface area is 88.5 Å². The van der Waals surface area contributed by atoms with Gasteiger partial charge in [0.2, 0.25) is 0 Å². The van der Waals surface area contributed by atoms with Gasteiger partial charge in [0.1, 0.15) is 0 Å². The molecule has 1 heterocycles. The lowest BCUT2D eigenvalue weighted by Crippen LogP contribution is -2.48. The Bertz CT molecular complexity index is 239. The smallest absolute Gasteiger partial charge is 0.323 e. The molecular formula is C9H17N3O3. The largest absolute Gasteiger partial charge is 0.381 e. The maximum Gasteiger partial charge on any atom is 0.323 e. The van der Waals surface area contributed by atoms with E-state index in [1.54, 1.807) is 5.43 Å². The zero-order valence-corrected chi connectivity index (χ0v) is 8.79. The Kier molecular flexibility index (Phi) is 4.51. The first-order chi connectivity index (χ1) is 7.15. The SMILES string of the molecule is CC(NC(=O)C(=O)NN)C1CCOCC1. The summed E-state index contributed by atoms with van der Waals surface area (Å²) in [5.41, 5.74) is 1.80. The Morgan fingerprint density at radius 3 is 2.47 bits per heavy atom. The topological polar surface area (TPSA) is 93.5 Å². The van der Waals surface area contributed by atoms with Crippen LogP contribution in [0.5, 0.6) is 0 Å². The van der Waals surface area contributed by atoms with Crippen LogP contribution in [-0.2, 0) is 14.3 Å². The van der Waals surface area contributed by atoms with E-state index in [2.05, 4.69) is 5.32 Å². The van der Waals surface area contributed by atoms with E-state index in [0.717, 1.165) is 12.8 Å². The van der Waals surface area contributed by atoms with Gasteiger partial charge in [-0.25, -0.2) is 5.84 Å². The minimum absolute atomic E-state index is 0.0290. The molecule has 1 aliphatic heterocycles. The minimum atomic E-state index is -0.811. The van der Waals surface area contributed by atoms with Gasteiger partial charge < -0.3 is 10.1 Å². The fourth-order valence-electron chi connectivity index (χ4n) is 1.67. The molecule has 6 heteroatoms. The molecule has 1 aliphatic rings. The fraction of sp³-hybridized carbons (Fsp3) is 0.778. The predicted molar refractivity (Wildman–Crippen MR) is 53.5 cm³/mol. The number of carbonyl (C=O) groups excluding carboxylic acids is 2. The van der Waals surface area contributed by atoms with Crippen molar-refractivity contribution < 1.29 is 14.3 Å². The van der Waals surface area contributed by atoms with E-state index in [4.69, 9.17) is 10.6 Å². The summed E-state index contributed by atoms with van der Waals surface area (Å²) in [4.78, 5) is 22.0. The van der Waals surface area contributed by atoms with Crippen molar-refractivity contribution in [2.45, 2.75) is 25.8 Å². The molecule has 86 valence electrons. The van der Waals surface area contributed by atoms with Crippen molar-refractivity contribution >= 4 is 11.8 Å². The number of ether oxygens (including phenoxy) is 1. The number of carbonyl (C=O) groups is 2. The van der Waals surface area contributed by atoms with Crippen LogP contribution in [-0.4, -0.2) is 31.1 Å². The van der Waals surface area contributed by atoms with Crippen LogP contribution in [0.4, 0.5) is 0 Å². The van der Waals surface area contributed by atoms with Gasteiger partial charge in [-0.1, -0.05) is 0 Å². The molecule has 0 aromatic rings. The maximum atomic E-state index is 11.2. The Morgan fingerprint density at radius 2 is 1.93 bits per heavy atom. The van der Waals surface area contributed by atoms with Crippen LogP contribution in [0.3, 0.4) is 0 Å². The summed E-state index contributed by atoms with van der Waals surface area (Å²) in [6.07, 6.45) is 1.82. The van der Waals surface area contributed by atoms with Crippen molar-refractivity contribution in [1.82, 2.24) is 10.7 Å². The lowest BCUT2D eigenvalue weighted by atomic mass is 9.93. The van der Waals surface area contributed by atoms with E-state index in [9.17, 15) is 9.59 Å². The van der Waals surface area contributed by atoms with E-state index in [1.807, 2.05) is 6.92 Å². The third-order valence-electron chi connectivity index (χ3n) is 2.67. The summed E-state index contributed by atoms with van der Waals surface area (Å²) in [6.45, 7) is 3.32. The van der Waals surface area contributed by atoms with Crippen LogP contribution in [0, 0.1) is 5.92 Å². The van der Waals surface area contributed by atoms with E-state index >= 15 is 0 Å². The molecule has 0 aromatic heterocycles. The second-order valence-corrected chi connectivity index (χ2v) is 3.69. The normalized spacial score (nSPS) is 19.3. The zero-order chi connectivity index (χ0) is 11.3. The standard InChI is InChI=1S/C9H17N3O3/c1-6(7-2-4-15-5-3-7)11-8(13)9(14)12-10/h6-7H,2-5,10H2,1H3,(H,11,13)(H,12,14). The molecule has 0 radical (unpaired) electrons. The second kappa shape index (κ2) is 5.67. The molecule has 0 bridgehead atoms. The molecular weight excluding hydrogens is 198 g/mol. The molecule has 6 nitrogen and oxygen atoms in total. The van der Waals surface area contributed by atoms with Gasteiger partial charge in [-0.3, -0.25) is 15.0 Å². The first-order valence-electron chi connectivity index (χ1n) is 5.04. The van der Waals surface area contributed by atoms with Crippen LogP contribution in [0.15, 0.2) is 0 Å². The van der Waals surface area contributed by atoms with E-state index in [-0.39, 0.29) is 6.04 Å². The van der Waals surface area contributed by atoms with E-state index in [1.165, 1.54) is 0 Å². The molecule has 0 saturated carbocycles. The molecule has 0 aliphatic carbocycles. The Balaban J connectivity index is 2.36. The molecule has 1 fully saturated rings. The highest BCUT2D eigenvalue weighted by Gasteiger charge is 2.23. The molecule has 1 unspecified atom stereocenters. The number of hydrogen-bond donors (Lipinski definition) is 3. The average Bonchev–Trinajstić information content (AvgIpc) is 2.29. The number of rotatable bonds is 2. The highest BCUT2D eigenvalue weighted by atomic mass is 16.5. The number of hydrazine groups is 1. The van der Waals surface area contributed by atoms with Crippen molar-refractivity contribution in [3.05, 3.63) is 0 Å². The van der Waals surface area contributed by atoms with Gasteiger partial charge >= 0.3 is 11.8 Å². The first kappa shape index (κ1) is 11.9. The molecule has 0 aromatic carbocycles. The third kappa shape index (κ3) is 3.49. The number of amides is 2. The fourth-order valence-corrected chi connectivity index (χ4v) is 1.67. The van der Waals surface area contributed by atoms with Crippen LogP contribution < -0.4 is 16.6 Å². The van der Waals surface area contributed by atoms with Gasteiger partial charge in [-0.05, 0) is 25.7 Å². The van der Waals surface area contributed by atoms with Gasteiger partial charge in [-0.2, -0.15) is 0 Å². The zero-order valence-electron chi connectivity index (χ0n) is 8.79. The lowest BCUT2D eigenvalue weighted by Gasteiger charge is -2.28. The maximum absolute atomic E-state index is 11.2. The highest BCUT2D eigenvalue weighted by molar-refractivity contribution is 6.34. The van der Waals surface area contributed by atoms with E-state index < -0.39 is 11.8 Å². The van der Waals surface area contributed by atoms with Gasteiger partial charge in [0.15, 0.2) is 0 Å². The Morgan fingerprint density at radius 1 is 1.33 bits per heavy atom. The van der Waals surface area contributed by atoms with Crippen LogP contribution in [0.1, 0.15) is 19.8 Å². The molecule has 1 rings (SSSR count). The van der Waals surface area contributed by atoms with Crippen LogP contribution >= 0.6 is 0 Å². The average molecular weight is 215 g/mol. The molecule has 15 heavy (non-hydrogen) atoms. The summed E-state index contributed by atoms with van der Waals surface area (Å²) in [6, 6.07) is -0.0290. The highest BCUT2D eigenvalue weighted by Crippen LogP contribution is 2.18. The third-order valence-corrected chi connectivity index (χ3v) is 2.67. The van der Waals surface area contributed by atoms with Crippen molar-refractivity contribution in [3.63, 3.8) is 0 Å². The van der Waals surface area contributed by atoms with Gasteiger partial charge in [0.05, 0.1) is 0 Å². The summed E-state index contributed by atoms with van der Waals surface area (Å²) in [7, 11) is 0. The lowest BCUT2D eigenvalue weighted by molar-refractivity contribution is -0.139. The van der Waals surface area contributed by atoms with Crippen molar-refractivity contribution in [1.29, 1.82) is 0 Å². The van der Waals surface area contributed by atoms with Crippen molar-refractivity contribution in [2.24, 2.45) is 11.8 Å². The quantitative estimate of drug-likeness (QED) is 0.236. The summed E-state index contributed by atoms with van der Waals surface area (Å²) in [5.74, 6) is 3.72. The monoisotopic (exact) mass is 215 g/mol. The molecule has 1 saturated heterocycles. The van der Waals surface area contributed by atoms with E-state index in [0.29, 0.717) is 19.1 Å². The summed E-state index contributed by atoms with van der Waals surface area (Å²) in [5, 5.41) is 2.61. The van der Waals surface area contributed by atoms with Crippen LogP contribution in [0.25, 0.3) is 0 Å². The van der Waals surface area contributed by atoms with Gasteiger partial charge in [-0.15, -0.1) is 0 Å². The van der Waals surface area contributed by atoms with Crippen molar-refractivity contribution in [3.8, 4) is 0 Å². The number of hydrogen-bond acceptors (Lipinski definition) is 4. The Hall–Kier alpha value is -1.14. The number of nitrogens with two attached hydrogens (primary N) is 1. The van der Waals surface area contributed by atoms with Gasteiger partial charge in [0.25, 0.3) is 0 Å². The molecule has 1 atom stereocenters. The molecule has 4 N–H and O–H groups in total. The first-order valence-corrected chi connectivity index (χ1v) is 5.04. The summed E-state index contributed by atoms with van der Waals surface area (Å²) >= 11 is 0. The number of nitrogens with one attached hydrogen (secondary N) is 2. The molecule has 2 amide bonds. The van der Waals surface area contributed by atoms with Gasteiger partial charge in [0, 0.05) is 19.3 Å². The second-order valence-electron chi connectivity index (χ2n) is 3.69. The summed E-state index contributed by atoms with van der Waals surface area (Å²) < 4.78 is 5.21. The minimum Gasteiger partial charge on any atom is -0.381 e. The predicted octanol–water partition coefficient (Wildman–Crippen LogP) is -1.09. The molecule has 0 spiro atoms. The van der Waals surface area contributed by atoms with Crippen LogP contribution in [0.2, 0.25) is 0 Å². The van der Waals surface area contributed by atoms with Crippen molar-refractivity contribution in [2.75, 3.05) is 13.2 Å².